The normalized spacial score (nSPS) is 15.6. The number of H-pyrrole nitrogens is 1. The molecule has 4 rings (SSSR count). The van der Waals surface area contributed by atoms with Crippen LogP contribution in [-0.2, 0) is 22.4 Å². The van der Waals surface area contributed by atoms with E-state index in [-0.39, 0.29) is 5.78 Å². The molecule has 0 spiro atoms. The number of aryl methyl sites for hydroxylation is 3. The second-order valence-electron chi connectivity index (χ2n) is 8.57. The lowest BCUT2D eigenvalue weighted by Crippen LogP contribution is -2.27. The number of nitrogens with one attached hydrogen (secondary N) is 1. The summed E-state index contributed by atoms with van der Waals surface area (Å²) in [5, 5.41) is 8.48. The molecule has 6 heteroatoms. The molecule has 0 bridgehead atoms. The fraction of sp³-hybridized carbons (Fsp3) is 0.500. The van der Waals surface area contributed by atoms with Crippen LogP contribution in [0.3, 0.4) is 0 Å². The van der Waals surface area contributed by atoms with E-state index < -0.39 is 11.7 Å². The van der Waals surface area contributed by atoms with E-state index >= 15 is 0 Å². The molecule has 1 aliphatic carbocycles. The maximum Gasteiger partial charge on any atom is 0.163 e. The van der Waals surface area contributed by atoms with Crippen molar-refractivity contribution in [3.63, 3.8) is 0 Å². The van der Waals surface area contributed by atoms with Gasteiger partial charge < -0.3 is 4.74 Å². The lowest BCUT2D eigenvalue weighted by molar-refractivity contribution is -0.138. The third-order valence-corrected chi connectivity index (χ3v) is 6.39. The van der Waals surface area contributed by atoms with Crippen LogP contribution in [0, 0.1) is 6.92 Å². The van der Waals surface area contributed by atoms with Crippen LogP contribution < -0.4 is 0 Å². The van der Waals surface area contributed by atoms with Crippen LogP contribution in [0.15, 0.2) is 12.3 Å². The summed E-state index contributed by atoms with van der Waals surface area (Å²) in [6, 6.07) is 1.97. The SMILES string of the molecule is CC(=O)[C@@H](OC(C)(C)C)c1c(C)nc2sc3c(c2c1-c1ccn[nH]1)CCCC3. The van der Waals surface area contributed by atoms with Gasteiger partial charge in [-0.2, -0.15) is 5.10 Å². The van der Waals surface area contributed by atoms with E-state index in [1.165, 1.54) is 28.7 Å². The van der Waals surface area contributed by atoms with Gasteiger partial charge in [-0.15, -0.1) is 11.3 Å². The number of ketones is 1. The number of pyridine rings is 1. The van der Waals surface area contributed by atoms with Crippen LogP contribution in [0.1, 0.15) is 68.3 Å². The summed E-state index contributed by atoms with van der Waals surface area (Å²) >= 11 is 1.80. The highest BCUT2D eigenvalue weighted by atomic mass is 32.1. The minimum Gasteiger partial charge on any atom is -0.360 e. The van der Waals surface area contributed by atoms with Crippen LogP contribution >= 0.6 is 11.3 Å². The minimum absolute atomic E-state index is 0.0102. The van der Waals surface area contributed by atoms with E-state index in [4.69, 9.17) is 9.72 Å². The Labute approximate surface area is 169 Å². The van der Waals surface area contributed by atoms with Crippen molar-refractivity contribution in [2.45, 2.75) is 72.0 Å². The molecule has 1 N–H and O–H groups in total. The maximum atomic E-state index is 12.7. The second kappa shape index (κ2) is 7.08. The number of carbonyl (C=O) groups is 1. The number of thiophene rings is 1. The predicted octanol–water partition coefficient (Wildman–Crippen LogP) is 5.32. The minimum atomic E-state index is -0.658. The first-order valence-electron chi connectivity index (χ1n) is 9.89. The highest BCUT2D eigenvalue weighted by molar-refractivity contribution is 7.19. The Hall–Kier alpha value is -2.05. The number of carbonyl (C=O) groups excluding carboxylic acids is 1. The van der Waals surface area contributed by atoms with Crippen LogP contribution in [0.5, 0.6) is 0 Å². The number of aromatic amines is 1. The molecule has 148 valence electrons. The van der Waals surface area contributed by atoms with E-state index in [9.17, 15) is 4.79 Å². The molecule has 28 heavy (non-hydrogen) atoms. The average molecular weight is 398 g/mol. The van der Waals surface area contributed by atoms with Crippen LogP contribution in [-0.4, -0.2) is 26.6 Å². The summed E-state index contributed by atoms with van der Waals surface area (Å²) in [6.07, 6.45) is 5.70. The molecule has 0 aromatic carbocycles. The average Bonchev–Trinajstić information content (AvgIpc) is 3.25. The summed E-state index contributed by atoms with van der Waals surface area (Å²) in [5.74, 6) is -0.0102. The Morgan fingerprint density at radius 3 is 2.68 bits per heavy atom. The molecule has 1 atom stereocenters. The van der Waals surface area contributed by atoms with E-state index in [1.54, 1.807) is 24.5 Å². The number of aromatic nitrogens is 3. The number of nitrogens with zero attached hydrogens (tertiary/aromatic N) is 2. The zero-order valence-corrected chi connectivity index (χ0v) is 18.0. The van der Waals surface area contributed by atoms with Gasteiger partial charge in [0.05, 0.1) is 11.3 Å². The highest BCUT2D eigenvalue weighted by Crippen LogP contribution is 2.45. The van der Waals surface area contributed by atoms with Gasteiger partial charge in [-0.3, -0.25) is 9.89 Å². The molecule has 3 heterocycles. The lowest BCUT2D eigenvalue weighted by Gasteiger charge is -2.28. The molecular weight excluding hydrogens is 370 g/mol. The number of Topliss-reactive ketones (excluding diaryl/α,β-unsaturated/α-hetero) is 1. The van der Waals surface area contributed by atoms with Gasteiger partial charge in [-0.05, 0) is 71.9 Å². The zero-order chi connectivity index (χ0) is 20.1. The molecule has 0 radical (unpaired) electrons. The van der Waals surface area contributed by atoms with Crippen molar-refractivity contribution in [2.75, 3.05) is 0 Å². The van der Waals surface area contributed by atoms with Crippen molar-refractivity contribution in [2.24, 2.45) is 0 Å². The first-order valence-corrected chi connectivity index (χ1v) is 10.7. The molecule has 0 aliphatic heterocycles. The molecule has 3 aromatic heterocycles. The Balaban J connectivity index is 2.06. The van der Waals surface area contributed by atoms with Crippen molar-refractivity contribution in [3.8, 4) is 11.3 Å². The summed E-state index contributed by atoms with van der Waals surface area (Å²) < 4.78 is 6.25. The molecule has 0 fully saturated rings. The number of rotatable bonds is 4. The van der Waals surface area contributed by atoms with Crippen molar-refractivity contribution < 1.29 is 9.53 Å². The second-order valence-corrected chi connectivity index (χ2v) is 9.65. The predicted molar refractivity (Wildman–Crippen MR) is 113 cm³/mol. The van der Waals surface area contributed by atoms with E-state index in [0.717, 1.165) is 40.2 Å². The van der Waals surface area contributed by atoms with Crippen molar-refractivity contribution in [1.82, 2.24) is 15.2 Å². The Morgan fingerprint density at radius 2 is 2.04 bits per heavy atom. The molecule has 0 saturated heterocycles. The fourth-order valence-corrected chi connectivity index (χ4v) is 5.43. The van der Waals surface area contributed by atoms with Gasteiger partial charge in [-0.25, -0.2) is 4.98 Å². The van der Waals surface area contributed by atoms with Gasteiger partial charge in [0.2, 0.25) is 0 Å². The van der Waals surface area contributed by atoms with Gasteiger partial charge in [0, 0.05) is 33.3 Å². The molecule has 1 aliphatic rings. The van der Waals surface area contributed by atoms with E-state index in [2.05, 4.69) is 10.2 Å². The lowest BCUT2D eigenvalue weighted by atomic mass is 9.89. The first-order chi connectivity index (χ1) is 13.3. The summed E-state index contributed by atoms with van der Waals surface area (Å²) in [6.45, 7) is 9.51. The largest absolute Gasteiger partial charge is 0.360 e. The van der Waals surface area contributed by atoms with Gasteiger partial charge >= 0.3 is 0 Å². The van der Waals surface area contributed by atoms with Crippen LogP contribution in [0.25, 0.3) is 21.5 Å². The van der Waals surface area contributed by atoms with E-state index in [1.807, 2.05) is 33.8 Å². The molecule has 5 nitrogen and oxygen atoms in total. The topological polar surface area (TPSA) is 67.9 Å². The number of fused-ring (bicyclic) bond motifs is 3. The number of hydrogen-bond acceptors (Lipinski definition) is 5. The number of ether oxygens (including phenoxy) is 1. The monoisotopic (exact) mass is 397 g/mol. The first kappa shape index (κ1) is 19.3. The Kier molecular flexibility index (Phi) is 4.88. The van der Waals surface area contributed by atoms with Crippen molar-refractivity contribution >= 4 is 27.3 Å². The molecule has 0 saturated carbocycles. The quantitative estimate of drug-likeness (QED) is 0.647. The van der Waals surface area contributed by atoms with Crippen LogP contribution in [0.2, 0.25) is 0 Å². The number of hydrogen-bond donors (Lipinski definition) is 1. The van der Waals surface area contributed by atoms with Gasteiger partial charge in [0.1, 0.15) is 10.9 Å². The van der Waals surface area contributed by atoms with Gasteiger partial charge in [0.25, 0.3) is 0 Å². The third kappa shape index (κ3) is 3.40. The Morgan fingerprint density at radius 1 is 1.29 bits per heavy atom. The van der Waals surface area contributed by atoms with Crippen molar-refractivity contribution in [1.29, 1.82) is 0 Å². The van der Waals surface area contributed by atoms with Gasteiger partial charge in [-0.1, -0.05) is 0 Å². The standard InChI is InChI=1S/C22H27N3O2S/c1-12-17(20(13(2)26)27-22(3,4)5)19(15-10-11-23-25-15)18-14-8-6-7-9-16(14)28-21(18)24-12/h10-11,20H,6-9H2,1-5H3,(H,23,25)/t20-/m1/s1. The summed E-state index contributed by atoms with van der Waals surface area (Å²) in [7, 11) is 0. The maximum absolute atomic E-state index is 12.7. The molecule has 0 amide bonds. The third-order valence-electron chi connectivity index (χ3n) is 5.20. The fourth-order valence-electron chi connectivity index (χ4n) is 4.11. The zero-order valence-electron chi connectivity index (χ0n) is 17.2. The smallest absolute Gasteiger partial charge is 0.163 e. The summed E-state index contributed by atoms with van der Waals surface area (Å²) in [4.78, 5) is 20.1. The van der Waals surface area contributed by atoms with Crippen LogP contribution in [0.4, 0.5) is 0 Å². The Bertz CT molecular complexity index is 1030. The summed E-state index contributed by atoms with van der Waals surface area (Å²) in [5.41, 5.74) is 4.61. The van der Waals surface area contributed by atoms with E-state index in [0.29, 0.717) is 0 Å². The molecular formula is C22H27N3O2S. The molecule has 0 unspecified atom stereocenters. The molecule has 3 aromatic rings. The van der Waals surface area contributed by atoms with Crippen molar-refractivity contribution in [3.05, 3.63) is 34.0 Å². The highest BCUT2D eigenvalue weighted by Gasteiger charge is 2.32. The van der Waals surface area contributed by atoms with Gasteiger partial charge in [0.15, 0.2) is 5.78 Å².